The summed E-state index contributed by atoms with van der Waals surface area (Å²) in [4.78, 5) is 14.3. The molecule has 1 heterocycles. The fourth-order valence-electron chi connectivity index (χ4n) is 2.72. The van der Waals surface area contributed by atoms with Gasteiger partial charge in [0.05, 0.1) is 6.54 Å². The molecule has 0 aromatic heterocycles. The molecule has 0 spiro atoms. The topological polar surface area (TPSA) is 50.8 Å². The normalized spacial score (nSPS) is 15.9. The number of rotatable bonds is 6. The Hall–Kier alpha value is -2.24. The Labute approximate surface area is 152 Å². The molecule has 5 nitrogen and oxygen atoms in total. The molecule has 1 aliphatic heterocycles. The summed E-state index contributed by atoms with van der Waals surface area (Å²) in [6, 6.07) is 14.7. The summed E-state index contributed by atoms with van der Waals surface area (Å²) in [6.07, 6.45) is -0.103. The summed E-state index contributed by atoms with van der Waals surface area (Å²) in [5.74, 6) is 1.43. The second kappa shape index (κ2) is 8.23. The molecule has 132 valence electrons. The monoisotopic (exact) mass is 360 g/mol. The van der Waals surface area contributed by atoms with E-state index in [-0.39, 0.29) is 18.6 Å². The van der Waals surface area contributed by atoms with Gasteiger partial charge in [-0.2, -0.15) is 0 Å². The Balaban J connectivity index is 1.53. The van der Waals surface area contributed by atoms with Gasteiger partial charge in [0.15, 0.2) is 11.5 Å². The van der Waals surface area contributed by atoms with Gasteiger partial charge in [-0.05, 0) is 36.9 Å². The second-order valence-electron chi connectivity index (χ2n) is 5.88. The highest BCUT2D eigenvalue weighted by Gasteiger charge is 2.23. The van der Waals surface area contributed by atoms with Crippen molar-refractivity contribution in [1.82, 2.24) is 4.90 Å². The first-order chi connectivity index (χ1) is 12.1. The van der Waals surface area contributed by atoms with Crippen molar-refractivity contribution in [3.63, 3.8) is 0 Å². The largest absolute Gasteiger partial charge is 0.486 e. The molecule has 6 heteroatoms. The molecule has 3 rings (SSSR count). The van der Waals surface area contributed by atoms with Crippen LogP contribution in [0.3, 0.4) is 0 Å². The number of para-hydroxylation sites is 2. The van der Waals surface area contributed by atoms with Crippen LogP contribution in [0.25, 0.3) is 0 Å². The van der Waals surface area contributed by atoms with Crippen molar-refractivity contribution >= 4 is 23.2 Å². The molecule has 25 heavy (non-hydrogen) atoms. The van der Waals surface area contributed by atoms with Crippen LogP contribution < -0.4 is 14.8 Å². The van der Waals surface area contributed by atoms with Crippen LogP contribution in [0, 0.1) is 0 Å². The number of carbonyl (C=O) groups excluding carboxylic acids is 1. The molecule has 0 saturated carbocycles. The third-order valence-electron chi connectivity index (χ3n) is 3.95. The molecule has 0 radical (unpaired) electrons. The molecule has 1 atom stereocenters. The Kier molecular flexibility index (Phi) is 5.79. The highest BCUT2D eigenvalue weighted by atomic mass is 35.5. The van der Waals surface area contributed by atoms with Crippen molar-refractivity contribution in [2.75, 3.05) is 31.6 Å². The Morgan fingerprint density at radius 3 is 2.80 bits per heavy atom. The van der Waals surface area contributed by atoms with E-state index < -0.39 is 0 Å². The molecule has 0 fully saturated rings. The maximum Gasteiger partial charge on any atom is 0.238 e. The zero-order valence-corrected chi connectivity index (χ0v) is 14.8. The number of nitrogens with one attached hydrogen (secondary N) is 1. The number of halogens is 1. The lowest BCUT2D eigenvalue weighted by molar-refractivity contribution is -0.117. The molecule has 0 bridgehead atoms. The fourth-order valence-corrected chi connectivity index (χ4v) is 2.91. The van der Waals surface area contributed by atoms with Gasteiger partial charge in [0.25, 0.3) is 0 Å². The molecule has 0 aliphatic carbocycles. The lowest BCUT2D eigenvalue weighted by Crippen LogP contribution is -2.43. The summed E-state index contributed by atoms with van der Waals surface area (Å²) < 4.78 is 11.7. The molecule has 2 aromatic rings. The fraction of sp³-hybridized carbons (Fsp3) is 0.316. The lowest BCUT2D eigenvalue weighted by atomic mass is 10.2. The van der Waals surface area contributed by atoms with Crippen LogP contribution in [0.15, 0.2) is 48.5 Å². The van der Waals surface area contributed by atoms with E-state index in [4.69, 9.17) is 21.1 Å². The van der Waals surface area contributed by atoms with Crippen LogP contribution in [-0.2, 0) is 4.79 Å². The van der Waals surface area contributed by atoms with Crippen LogP contribution in [0.2, 0.25) is 5.02 Å². The van der Waals surface area contributed by atoms with Gasteiger partial charge in [0, 0.05) is 17.3 Å². The molecule has 2 aromatic carbocycles. The molecule has 0 saturated heterocycles. The van der Waals surface area contributed by atoms with Crippen LogP contribution in [-0.4, -0.2) is 43.2 Å². The summed E-state index contributed by atoms with van der Waals surface area (Å²) in [5, 5.41) is 3.46. The number of benzene rings is 2. The zero-order valence-electron chi connectivity index (χ0n) is 14.1. The van der Waals surface area contributed by atoms with Gasteiger partial charge < -0.3 is 14.8 Å². The van der Waals surface area contributed by atoms with Crippen molar-refractivity contribution in [1.29, 1.82) is 0 Å². The average molecular weight is 361 g/mol. The standard InChI is InChI=1S/C19H21ClN2O3/c1-2-22(12-19(23)21-15-7-5-6-14(20)10-15)11-16-13-24-17-8-3-4-9-18(17)25-16/h3-10,16H,2,11-13H2,1H3,(H,21,23). The van der Waals surface area contributed by atoms with Crippen LogP contribution in [0.4, 0.5) is 5.69 Å². The van der Waals surface area contributed by atoms with E-state index in [0.29, 0.717) is 23.9 Å². The molecular weight excluding hydrogens is 340 g/mol. The highest BCUT2D eigenvalue weighted by Crippen LogP contribution is 2.31. The number of ether oxygens (including phenoxy) is 2. The highest BCUT2D eigenvalue weighted by molar-refractivity contribution is 6.30. The van der Waals surface area contributed by atoms with Crippen molar-refractivity contribution in [2.45, 2.75) is 13.0 Å². The quantitative estimate of drug-likeness (QED) is 0.857. The number of carbonyl (C=O) groups is 1. The van der Waals surface area contributed by atoms with Gasteiger partial charge in [-0.3, -0.25) is 9.69 Å². The van der Waals surface area contributed by atoms with Gasteiger partial charge in [0.1, 0.15) is 12.7 Å². The number of hydrogen-bond donors (Lipinski definition) is 1. The van der Waals surface area contributed by atoms with Gasteiger partial charge >= 0.3 is 0 Å². The van der Waals surface area contributed by atoms with Crippen molar-refractivity contribution in [2.24, 2.45) is 0 Å². The van der Waals surface area contributed by atoms with E-state index in [0.717, 1.165) is 18.0 Å². The minimum absolute atomic E-state index is 0.0822. The predicted octanol–water partition coefficient (Wildman–Crippen LogP) is 3.44. The molecular formula is C19H21ClN2O3. The molecule has 1 amide bonds. The van der Waals surface area contributed by atoms with E-state index in [1.807, 2.05) is 42.2 Å². The number of likely N-dealkylation sites (N-methyl/N-ethyl adjacent to an activating group) is 1. The first-order valence-electron chi connectivity index (χ1n) is 8.30. The van der Waals surface area contributed by atoms with Crippen molar-refractivity contribution in [3.05, 3.63) is 53.6 Å². The third kappa shape index (κ3) is 4.87. The number of nitrogens with zero attached hydrogens (tertiary/aromatic N) is 1. The average Bonchev–Trinajstić information content (AvgIpc) is 2.61. The third-order valence-corrected chi connectivity index (χ3v) is 4.19. The van der Waals surface area contributed by atoms with E-state index >= 15 is 0 Å². The van der Waals surface area contributed by atoms with Crippen molar-refractivity contribution in [3.8, 4) is 11.5 Å². The first-order valence-corrected chi connectivity index (χ1v) is 8.68. The van der Waals surface area contributed by atoms with E-state index in [2.05, 4.69) is 5.32 Å². The molecule has 1 unspecified atom stereocenters. The van der Waals surface area contributed by atoms with Gasteiger partial charge in [-0.25, -0.2) is 0 Å². The predicted molar refractivity (Wildman–Crippen MR) is 98.5 cm³/mol. The minimum Gasteiger partial charge on any atom is -0.486 e. The van der Waals surface area contributed by atoms with Crippen molar-refractivity contribution < 1.29 is 14.3 Å². The van der Waals surface area contributed by atoms with Gasteiger partial charge in [0.2, 0.25) is 5.91 Å². The molecule has 1 aliphatic rings. The minimum atomic E-state index is -0.103. The summed E-state index contributed by atoms with van der Waals surface area (Å²) >= 11 is 5.94. The Bertz CT molecular complexity index is 738. The summed E-state index contributed by atoms with van der Waals surface area (Å²) in [5.41, 5.74) is 0.694. The van der Waals surface area contributed by atoms with Gasteiger partial charge in [-0.15, -0.1) is 0 Å². The number of hydrogen-bond acceptors (Lipinski definition) is 4. The maximum absolute atomic E-state index is 12.3. The second-order valence-corrected chi connectivity index (χ2v) is 6.32. The SMILES string of the molecule is CCN(CC(=O)Nc1cccc(Cl)c1)CC1COc2ccccc2O1. The number of anilines is 1. The van der Waals surface area contributed by atoms with Crippen LogP contribution in [0.5, 0.6) is 11.5 Å². The van der Waals surface area contributed by atoms with E-state index in [1.54, 1.807) is 18.2 Å². The lowest BCUT2D eigenvalue weighted by Gasteiger charge is -2.30. The van der Waals surface area contributed by atoms with E-state index in [9.17, 15) is 4.79 Å². The van der Waals surface area contributed by atoms with Crippen LogP contribution in [0.1, 0.15) is 6.92 Å². The smallest absolute Gasteiger partial charge is 0.238 e. The van der Waals surface area contributed by atoms with E-state index in [1.165, 1.54) is 0 Å². The number of fused-ring (bicyclic) bond motifs is 1. The zero-order chi connectivity index (χ0) is 17.6. The summed E-state index contributed by atoms with van der Waals surface area (Å²) in [6.45, 7) is 4.14. The van der Waals surface area contributed by atoms with Gasteiger partial charge in [-0.1, -0.05) is 36.7 Å². The Morgan fingerprint density at radius 2 is 2.04 bits per heavy atom. The first kappa shape index (κ1) is 17.6. The maximum atomic E-state index is 12.3. The number of amides is 1. The molecule has 1 N–H and O–H groups in total. The summed E-state index contributed by atoms with van der Waals surface area (Å²) in [7, 11) is 0. The van der Waals surface area contributed by atoms with Crippen LogP contribution >= 0.6 is 11.6 Å². The Morgan fingerprint density at radius 1 is 1.24 bits per heavy atom.